The summed E-state index contributed by atoms with van der Waals surface area (Å²) in [7, 11) is -1.94. The van der Waals surface area contributed by atoms with Crippen molar-refractivity contribution in [3.63, 3.8) is 0 Å². The second-order valence-corrected chi connectivity index (χ2v) is 7.04. The average molecular weight is 302 g/mol. The first kappa shape index (κ1) is 15.4. The van der Waals surface area contributed by atoms with Crippen LogP contribution in [0.2, 0.25) is 0 Å². The monoisotopic (exact) mass is 302 g/mol. The van der Waals surface area contributed by atoms with Gasteiger partial charge in [-0.3, -0.25) is 5.10 Å². The van der Waals surface area contributed by atoms with Gasteiger partial charge in [0.25, 0.3) is 0 Å². The van der Waals surface area contributed by atoms with Gasteiger partial charge in [0, 0.05) is 13.7 Å². The van der Waals surface area contributed by atoms with E-state index in [4.69, 9.17) is 4.74 Å². The third kappa shape index (κ3) is 3.03. The zero-order chi connectivity index (χ0) is 14.8. The first-order valence-electron chi connectivity index (χ1n) is 6.65. The fourth-order valence-corrected chi connectivity index (χ4v) is 4.21. The van der Waals surface area contributed by atoms with Crippen LogP contribution in [0.15, 0.2) is 4.90 Å². The molecule has 0 spiro atoms. The van der Waals surface area contributed by atoms with Crippen LogP contribution >= 0.6 is 0 Å². The van der Waals surface area contributed by atoms with Gasteiger partial charge in [0.05, 0.1) is 23.5 Å². The number of aromatic nitrogens is 2. The third-order valence-corrected chi connectivity index (χ3v) is 5.35. The van der Waals surface area contributed by atoms with Gasteiger partial charge >= 0.3 is 0 Å². The van der Waals surface area contributed by atoms with E-state index in [1.54, 1.807) is 21.0 Å². The number of hydrogen-bond donors (Lipinski definition) is 3. The number of sulfonamides is 1. The molecular formula is C12H22N4O3S. The Balaban J connectivity index is 2.13. The highest BCUT2D eigenvalue weighted by atomic mass is 32.2. The zero-order valence-corrected chi connectivity index (χ0v) is 12.9. The van der Waals surface area contributed by atoms with Crippen LogP contribution in [-0.2, 0) is 14.8 Å². The predicted molar refractivity (Wildman–Crippen MR) is 75.1 cm³/mol. The molecule has 20 heavy (non-hydrogen) atoms. The number of methoxy groups -OCH3 is 1. The molecule has 0 radical (unpaired) electrons. The largest absolute Gasteiger partial charge is 0.383 e. The molecule has 1 aliphatic rings. The molecule has 0 saturated carbocycles. The van der Waals surface area contributed by atoms with Crippen LogP contribution in [0.4, 0.5) is 0 Å². The number of aryl methyl sites for hydroxylation is 2. The highest BCUT2D eigenvalue weighted by Gasteiger charge is 2.35. The van der Waals surface area contributed by atoms with E-state index in [1.807, 2.05) is 0 Å². The fraction of sp³-hybridized carbons (Fsp3) is 0.750. The molecule has 1 unspecified atom stereocenters. The molecule has 0 amide bonds. The summed E-state index contributed by atoms with van der Waals surface area (Å²) in [6.45, 7) is 5.06. The van der Waals surface area contributed by atoms with Crippen LogP contribution < -0.4 is 10.0 Å². The predicted octanol–water partition coefficient (Wildman–Crippen LogP) is 0.0734. The quantitative estimate of drug-likeness (QED) is 0.691. The fourth-order valence-electron chi connectivity index (χ4n) is 2.71. The number of nitrogens with zero attached hydrogens (tertiary/aromatic N) is 1. The van der Waals surface area contributed by atoms with Crippen molar-refractivity contribution in [2.45, 2.75) is 37.1 Å². The maximum Gasteiger partial charge on any atom is 0.244 e. The summed E-state index contributed by atoms with van der Waals surface area (Å²) >= 11 is 0. The van der Waals surface area contributed by atoms with E-state index in [0.29, 0.717) is 24.5 Å². The van der Waals surface area contributed by atoms with Crippen LogP contribution in [0.1, 0.15) is 24.2 Å². The minimum Gasteiger partial charge on any atom is -0.383 e. The SMILES string of the molecule is COCC1(CNS(=O)(=O)c2c(C)n[nH]c2C)CCCN1. The maximum absolute atomic E-state index is 12.4. The number of rotatable bonds is 6. The maximum atomic E-state index is 12.4. The van der Waals surface area contributed by atoms with Crippen molar-refractivity contribution >= 4 is 10.0 Å². The smallest absolute Gasteiger partial charge is 0.244 e. The Kier molecular flexibility index (Phi) is 4.48. The summed E-state index contributed by atoms with van der Waals surface area (Å²) in [5.41, 5.74) is 0.721. The van der Waals surface area contributed by atoms with Crippen molar-refractivity contribution in [2.75, 3.05) is 26.8 Å². The van der Waals surface area contributed by atoms with Gasteiger partial charge in [-0.05, 0) is 33.2 Å². The minimum atomic E-state index is -3.56. The van der Waals surface area contributed by atoms with Crippen LogP contribution in [0.3, 0.4) is 0 Å². The molecule has 1 saturated heterocycles. The highest BCUT2D eigenvalue weighted by molar-refractivity contribution is 7.89. The summed E-state index contributed by atoms with van der Waals surface area (Å²) in [6, 6.07) is 0. The summed E-state index contributed by atoms with van der Waals surface area (Å²) in [5.74, 6) is 0. The van der Waals surface area contributed by atoms with Gasteiger partial charge < -0.3 is 10.1 Å². The van der Waals surface area contributed by atoms with Crippen molar-refractivity contribution in [1.82, 2.24) is 20.2 Å². The highest BCUT2D eigenvalue weighted by Crippen LogP contribution is 2.21. The molecule has 0 bridgehead atoms. The Morgan fingerprint density at radius 1 is 1.45 bits per heavy atom. The Bertz CT molecular complexity index is 542. The van der Waals surface area contributed by atoms with E-state index in [1.165, 1.54) is 0 Å². The standard InChI is InChI=1S/C12H22N4O3S/c1-9-11(10(2)16-15-9)20(17,18)14-7-12(8-19-3)5-4-6-13-12/h13-14H,4-8H2,1-3H3,(H,15,16). The molecule has 114 valence electrons. The van der Waals surface area contributed by atoms with Gasteiger partial charge in [0.15, 0.2) is 0 Å². The van der Waals surface area contributed by atoms with Crippen molar-refractivity contribution in [3.8, 4) is 0 Å². The second-order valence-electron chi connectivity index (χ2n) is 5.33. The van der Waals surface area contributed by atoms with Gasteiger partial charge in [-0.1, -0.05) is 0 Å². The molecule has 1 aromatic heterocycles. The van der Waals surface area contributed by atoms with Crippen LogP contribution in [-0.4, -0.2) is 51.0 Å². The molecule has 2 rings (SSSR count). The van der Waals surface area contributed by atoms with E-state index in [0.717, 1.165) is 19.4 Å². The number of H-pyrrole nitrogens is 1. The van der Waals surface area contributed by atoms with Gasteiger partial charge in [-0.2, -0.15) is 5.10 Å². The number of ether oxygens (including phenoxy) is 1. The number of nitrogens with one attached hydrogen (secondary N) is 3. The lowest BCUT2D eigenvalue weighted by atomic mass is 9.99. The molecule has 1 aliphatic heterocycles. The minimum absolute atomic E-state index is 0.239. The molecule has 7 nitrogen and oxygen atoms in total. The summed E-state index contributed by atoms with van der Waals surface area (Å²) in [5, 5.41) is 9.97. The van der Waals surface area contributed by atoms with E-state index in [2.05, 4.69) is 20.2 Å². The molecule has 8 heteroatoms. The van der Waals surface area contributed by atoms with E-state index >= 15 is 0 Å². The van der Waals surface area contributed by atoms with Crippen molar-refractivity contribution in [3.05, 3.63) is 11.4 Å². The van der Waals surface area contributed by atoms with Gasteiger partial charge in [-0.25, -0.2) is 13.1 Å². The molecule has 1 aromatic rings. The molecule has 1 fully saturated rings. The molecular weight excluding hydrogens is 280 g/mol. The van der Waals surface area contributed by atoms with E-state index < -0.39 is 10.0 Å². The molecule has 0 aliphatic carbocycles. The summed E-state index contributed by atoms with van der Waals surface area (Å²) in [6.07, 6.45) is 1.92. The zero-order valence-electron chi connectivity index (χ0n) is 12.1. The first-order valence-corrected chi connectivity index (χ1v) is 8.14. The Morgan fingerprint density at radius 3 is 2.70 bits per heavy atom. The van der Waals surface area contributed by atoms with Crippen LogP contribution in [0.25, 0.3) is 0 Å². The molecule has 2 heterocycles. The second kappa shape index (κ2) is 5.80. The van der Waals surface area contributed by atoms with Crippen molar-refractivity contribution in [2.24, 2.45) is 0 Å². The van der Waals surface area contributed by atoms with Gasteiger partial charge in [0.2, 0.25) is 10.0 Å². The van der Waals surface area contributed by atoms with Gasteiger partial charge in [-0.15, -0.1) is 0 Å². The lowest BCUT2D eigenvalue weighted by Crippen LogP contribution is -2.52. The van der Waals surface area contributed by atoms with E-state index in [9.17, 15) is 8.42 Å². The summed E-state index contributed by atoms with van der Waals surface area (Å²) < 4.78 is 32.7. The van der Waals surface area contributed by atoms with Crippen molar-refractivity contribution < 1.29 is 13.2 Å². The van der Waals surface area contributed by atoms with Crippen molar-refractivity contribution in [1.29, 1.82) is 0 Å². The third-order valence-electron chi connectivity index (χ3n) is 3.68. The lowest BCUT2D eigenvalue weighted by molar-refractivity contribution is 0.122. The lowest BCUT2D eigenvalue weighted by Gasteiger charge is -2.28. The molecule has 1 atom stereocenters. The average Bonchev–Trinajstić information content (AvgIpc) is 2.96. The van der Waals surface area contributed by atoms with E-state index in [-0.39, 0.29) is 10.4 Å². The number of aromatic amines is 1. The van der Waals surface area contributed by atoms with Crippen LogP contribution in [0.5, 0.6) is 0 Å². The van der Waals surface area contributed by atoms with Crippen LogP contribution in [0, 0.1) is 13.8 Å². The molecule has 0 aromatic carbocycles. The number of hydrogen-bond acceptors (Lipinski definition) is 5. The molecule has 3 N–H and O–H groups in total. The Morgan fingerprint density at radius 2 is 2.20 bits per heavy atom. The first-order chi connectivity index (χ1) is 9.40. The Labute approximate surface area is 119 Å². The Hall–Kier alpha value is -0.960. The topological polar surface area (TPSA) is 96.1 Å². The van der Waals surface area contributed by atoms with Gasteiger partial charge in [0.1, 0.15) is 4.90 Å². The normalized spacial score (nSPS) is 23.4. The summed E-state index contributed by atoms with van der Waals surface area (Å²) in [4.78, 5) is 0.239.